The fourth-order valence-corrected chi connectivity index (χ4v) is 3.47. The second-order valence-corrected chi connectivity index (χ2v) is 7.28. The third kappa shape index (κ3) is 6.69. The molecule has 0 bridgehead atoms. The molecule has 1 aromatic rings. The van der Waals surface area contributed by atoms with Gasteiger partial charge in [0, 0.05) is 13.1 Å². The number of aryl methyl sites for hydroxylation is 1. The number of hydrogen-bond acceptors (Lipinski definition) is 3. The van der Waals surface area contributed by atoms with Crippen LogP contribution >= 0.6 is 0 Å². The number of unbranched alkanes of at least 4 members (excludes halogenated alkanes) is 5. The Morgan fingerprint density at radius 1 is 1.24 bits per heavy atom. The Kier molecular flexibility index (Phi) is 8.26. The second kappa shape index (κ2) is 10.4. The zero-order valence-electron chi connectivity index (χ0n) is 15.8. The van der Waals surface area contributed by atoms with E-state index in [0.717, 1.165) is 43.9 Å². The van der Waals surface area contributed by atoms with Crippen molar-refractivity contribution in [2.24, 2.45) is 5.92 Å². The minimum Gasteiger partial charge on any atom is -0.493 e. The Labute approximate surface area is 152 Å². The molecule has 0 saturated carbocycles. The molecular formula is C21H33NO3. The van der Waals surface area contributed by atoms with E-state index in [1.54, 1.807) is 0 Å². The van der Waals surface area contributed by atoms with Gasteiger partial charge in [0.1, 0.15) is 5.75 Å². The van der Waals surface area contributed by atoms with Crippen molar-refractivity contribution in [2.45, 2.75) is 65.3 Å². The first-order chi connectivity index (χ1) is 12.1. The molecule has 1 atom stereocenters. The number of ether oxygens (including phenoxy) is 1. The Balaban J connectivity index is 1.72. The van der Waals surface area contributed by atoms with Crippen LogP contribution in [0.5, 0.6) is 5.75 Å². The summed E-state index contributed by atoms with van der Waals surface area (Å²) < 4.78 is 5.93. The summed E-state index contributed by atoms with van der Waals surface area (Å²) in [5.74, 6) is 0.0975. The largest absolute Gasteiger partial charge is 0.493 e. The average molecular weight is 347 g/mol. The first-order valence-corrected chi connectivity index (χ1v) is 9.77. The van der Waals surface area contributed by atoms with Gasteiger partial charge in [0.25, 0.3) is 0 Å². The highest BCUT2D eigenvalue weighted by Crippen LogP contribution is 2.23. The molecule has 1 aliphatic heterocycles. The van der Waals surface area contributed by atoms with Crippen LogP contribution in [0.25, 0.3) is 0 Å². The molecule has 0 spiro atoms. The van der Waals surface area contributed by atoms with E-state index in [-0.39, 0.29) is 5.92 Å². The van der Waals surface area contributed by atoms with Crippen LogP contribution in [0.2, 0.25) is 0 Å². The van der Waals surface area contributed by atoms with Crippen molar-refractivity contribution < 1.29 is 14.6 Å². The summed E-state index contributed by atoms with van der Waals surface area (Å²) in [4.78, 5) is 13.3. The Morgan fingerprint density at radius 3 is 2.68 bits per heavy atom. The van der Waals surface area contributed by atoms with Crippen LogP contribution in [0.4, 0.5) is 0 Å². The number of hydrogen-bond donors (Lipinski definition) is 1. The van der Waals surface area contributed by atoms with E-state index in [1.165, 1.54) is 37.7 Å². The predicted molar refractivity (Wildman–Crippen MR) is 101 cm³/mol. The summed E-state index contributed by atoms with van der Waals surface area (Å²) in [6, 6.07) is 6.34. The Bertz CT molecular complexity index is 544. The quantitative estimate of drug-likeness (QED) is 0.592. The third-order valence-corrected chi connectivity index (χ3v) is 5.02. The lowest BCUT2D eigenvalue weighted by Gasteiger charge is -2.16. The molecule has 4 heteroatoms. The van der Waals surface area contributed by atoms with Crippen LogP contribution in [0, 0.1) is 12.8 Å². The van der Waals surface area contributed by atoms with E-state index in [0.29, 0.717) is 6.54 Å². The van der Waals surface area contributed by atoms with Gasteiger partial charge >= 0.3 is 5.97 Å². The molecule has 1 aromatic carbocycles. The van der Waals surface area contributed by atoms with Gasteiger partial charge in [0.15, 0.2) is 0 Å². The summed E-state index contributed by atoms with van der Waals surface area (Å²) in [5.41, 5.74) is 2.40. The highest BCUT2D eigenvalue weighted by molar-refractivity contribution is 5.70. The number of nitrogens with zero attached hydrogens (tertiary/aromatic N) is 1. The minimum atomic E-state index is -0.669. The van der Waals surface area contributed by atoms with E-state index in [1.807, 2.05) is 0 Å². The van der Waals surface area contributed by atoms with Gasteiger partial charge in [-0.25, -0.2) is 0 Å². The number of carboxylic acid groups (broad SMARTS) is 1. The topological polar surface area (TPSA) is 49.8 Å². The van der Waals surface area contributed by atoms with Crippen LogP contribution in [0.15, 0.2) is 18.2 Å². The van der Waals surface area contributed by atoms with Crippen molar-refractivity contribution in [1.82, 2.24) is 4.90 Å². The maximum absolute atomic E-state index is 11.1. The van der Waals surface area contributed by atoms with Gasteiger partial charge < -0.3 is 9.84 Å². The van der Waals surface area contributed by atoms with E-state index in [2.05, 4.69) is 36.9 Å². The molecule has 0 aliphatic carbocycles. The lowest BCUT2D eigenvalue weighted by Crippen LogP contribution is -2.22. The van der Waals surface area contributed by atoms with Crippen LogP contribution in [0.3, 0.4) is 0 Å². The molecule has 0 radical (unpaired) electrons. The van der Waals surface area contributed by atoms with Crippen molar-refractivity contribution in [3.8, 4) is 5.75 Å². The smallest absolute Gasteiger partial charge is 0.307 e. The molecule has 25 heavy (non-hydrogen) atoms. The maximum Gasteiger partial charge on any atom is 0.307 e. The molecule has 1 unspecified atom stereocenters. The minimum absolute atomic E-state index is 0.207. The fourth-order valence-electron chi connectivity index (χ4n) is 3.47. The molecule has 1 N–H and O–H groups in total. The zero-order chi connectivity index (χ0) is 18.1. The first-order valence-electron chi connectivity index (χ1n) is 9.77. The van der Waals surface area contributed by atoms with Crippen molar-refractivity contribution >= 4 is 5.97 Å². The molecule has 1 heterocycles. The van der Waals surface area contributed by atoms with E-state index in [4.69, 9.17) is 9.84 Å². The van der Waals surface area contributed by atoms with E-state index >= 15 is 0 Å². The number of aliphatic carboxylic acids is 1. The summed E-state index contributed by atoms with van der Waals surface area (Å²) in [6.07, 6.45) is 8.40. The van der Waals surface area contributed by atoms with Crippen molar-refractivity contribution in [1.29, 1.82) is 0 Å². The van der Waals surface area contributed by atoms with Gasteiger partial charge in [-0.1, -0.05) is 51.2 Å². The summed E-state index contributed by atoms with van der Waals surface area (Å²) >= 11 is 0. The second-order valence-electron chi connectivity index (χ2n) is 7.28. The molecular weight excluding hydrogens is 314 g/mol. The number of carbonyl (C=O) groups is 1. The highest BCUT2D eigenvalue weighted by Gasteiger charge is 2.27. The van der Waals surface area contributed by atoms with Crippen molar-refractivity contribution in [3.05, 3.63) is 29.3 Å². The molecule has 1 aliphatic rings. The predicted octanol–water partition coefficient (Wildman–Crippen LogP) is 4.64. The van der Waals surface area contributed by atoms with Crippen molar-refractivity contribution in [2.75, 3.05) is 19.7 Å². The fraction of sp³-hybridized carbons (Fsp3) is 0.667. The first kappa shape index (κ1) is 19.8. The zero-order valence-corrected chi connectivity index (χ0v) is 15.8. The number of benzene rings is 1. The monoisotopic (exact) mass is 347 g/mol. The number of rotatable bonds is 11. The molecule has 2 rings (SSSR count). The summed E-state index contributed by atoms with van der Waals surface area (Å²) in [6.45, 7) is 7.46. The van der Waals surface area contributed by atoms with E-state index in [9.17, 15) is 4.79 Å². The van der Waals surface area contributed by atoms with Gasteiger partial charge in [0.05, 0.1) is 12.5 Å². The van der Waals surface area contributed by atoms with Crippen LogP contribution in [-0.2, 0) is 11.3 Å². The third-order valence-electron chi connectivity index (χ3n) is 5.02. The standard InChI is InChI=1S/C21H33NO3/c1-3-4-5-6-7-8-13-25-20-10-9-18(14-17(20)2)15-22-12-11-19(16-22)21(23)24/h9-10,14,19H,3-8,11-13,15-16H2,1-2H3,(H,23,24). The normalized spacial score (nSPS) is 17.8. The van der Waals surface area contributed by atoms with Gasteiger partial charge in [-0.15, -0.1) is 0 Å². The van der Waals surface area contributed by atoms with Crippen LogP contribution < -0.4 is 4.74 Å². The van der Waals surface area contributed by atoms with Crippen LogP contribution in [0.1, 0.15) is 63.0 Å². The van der Waals surface area contributed by atoms with Gasteiger partial charge in [-0.3, -0.25) is 9.69 Å². The lowest BCUT2D eigenvalue weighted by molar-refractivity contribution is -0.141. The average Bonchev–Trinajstić information content (AvgIpc) is 3.04. The Hall–Kier alpha value is -1.55. The van der Waals surface area contributed by atoms with Gasteiger partial charge in [-0.05, 0) is 43.5 Å². The SMILES string of the molecule is CCCCCCCCOc1ccc(CN2CCC(C(=O)O)C2)cc1C. The van der Waals surface area contributed by atoms with Gasteiger partial charge in [-0.2, -0.15) is 0 Å². The molecule has 1 saturated heterocycles. The summed E-state index contributed by atoms with van der Waals surface area (Å²) in [5, 5.41) is 9.10. The highest BCUT2D eigenvalue weighted by atomic mass is 16.5. The van der Waals surface area contributed by atoms with Crippen molar-refractivity contribution in [3.63, 3.8) is 0 Å². The Morgan fingerprint density at radius 2 is 2.00 bits per heavy atom. The summed E-state index contributed by atoms with van der Waals surface area (Å²) in [7, 11) is 0. The maximum atomic E-state index is 11.1. The lowest BCUT2D eigenvalue weighted by atomic mass is 10.1. The number of carboxylic acids is 1. The van der Waals surface area contributed by atoms with E-state index < -0.39 is 5.97 Å². The molecule has 1 fully saturated rings. The number of likely N-dealkylation sites (tertiary alicyclic amines) is 1. The van der Waals surface area contributed by atoms with Crippen LogP contribution in [-0.4, -0.2) is 35.7 Å². The molecule has 140 valence electrons. The molecule has 0 amide bonds. The molecule has 0 aromatic heterocycles. The van der Waals surface area contributed by atoms with Gasteiger partial charge in [0.2, 0.25) is 0 Å². The molecule has 4 nitrogen and oxygen atoms in total.